The maximum atomic E-state index is 12.4. The third kappa shape index (κ3) is 6.35. The highest BCUT2D eigenvalue weighted by Crippen LogP contribution is 2.20. The van der Waals surface area contributed by atoms with Crippen LogP contribution >= 0.6 is 0 Å². The van der Waals surface area contributed by atoms with E-state index in [1.165, 1.54) is 18.3 Å². The average Bonchev–Trinajstić information content (AvgIpc) is 2.64. The molecule has 4 N–H and O–H groups in total. The number of alkyl carbamates (subject to hydrolysis) is 1. The van der Waals surface area contributed by atoms with Crippen molar-refractivity contribution in [3.05, 3.63) is 59.7 Å². The molecule has 1 atom stereocenters. The van der Waals surface area contributed by atoms with Crippen molar-refractivity contribution >= 4 is 18.2 Å². The number of phenolic OH excluding ortho intramolecular Hbond substituents is 2. The molecule has 0 aliphatic carbocycles. The van der Waals surface area contributed by atoms with Crippen molar-refractivity contribution in [2.75, 3.05) is 6.61 Å². The Morgan fingerprint density at radius 2 is 1.93 bits per heavy atom. The quantitative estimate of drug-likeness (QED) is 0.438. The molecule has 0 spiro atoms. The van der Waals surface area contributed by atoms with Gasteiger partial charge in [-0.05, 0) is 24.6 Å². The molecule has 2 aromatic carbocycles. The molecule has 0 saturated carbocycles. The molecule has 142 valence electrons. The molecular weight excluding hydrogens is 350 g/mol. The SMILES string of the molecule is CCOC(=O)N[C@@H](Cc1ccccc1)C(=O)N/N=C\c1ccc(O)cc1O. The van der Waals surface area contributed by atoms with E-state index in [-0.39, 0.29) is 24.5 Å². The second kappa shape index (κ2) is 9.81. The Bertz CT molecular complexity index is 808. The molecule has 2 amide bonds. The van der Waals surface area contributed by atoms with Crippen molar-refractivity contribution in [3.8, 4) is 11.5 Å². The van der Waals surface area contributed by atoms with Crippen LogP contribution in [0, 0.1) is 0 Å². The average molecular weight is 371 g/mol. The third-order valence-corrected chi connectivity index (χ3v) is 3.56. The van der Waals surface area contributed by atoms with Crippen molar-refractivity contribution in [1.29, 1.82) is 0 Å². The zero-order valence-corrected chi connectivity index (χ0v) is 14.8. The Labute approximate surface area is 156 Å². The lowest BCUT2D eigenvalue weighted by molar-refractivity contribution is -0.123. The maximum Gasteiger partial charge on any atom is 0.407 e. The van der Waals surface area contributed by atoms with E-state index in [4.69, 9.17) is 4.74 Å². The fourth-order valence-corrected chi connectivity index (χ4v) is 2.26. The number of nitrogens with zero attached hydrogens (tertiary/aromatic N) is 1. The number of hydrogen-bond donors (Lipinski definition) is 4. The molecule has 8 heteroatoms. The van der Waals surface area contributed by atoms with Crippen molar-refractivity contribution in [1.82, 2.24) is 10.7 Å². The highest BCUT2D eigenvalue weighted by molar-refractivity contribution is 5.88. The van der Waals surface area contributed by atoms with Gasteiger partial charge in [0.15, 0.2) is 0 Å². The lowest BCUT2D eigenvalue weighted by Gasteiger charge is -2.16. The molecule has 0 heterocycles. The van der Waals surface area contributed by atoms with Crippen LogP contribution in [0.1, 0.15) is 18.1 Å². The molecule has 0 aliphatic rings. The zero-order valence-electron chi connectivity index (χ0n) is 14.8. The number of amides is 2. The summed E-state index contributed by atoms with van der Waals surface area (Å²) in [6.45, 7) is 1.85. The van der Waals surface area contributed by atoms with E-state index in [0.717, 1.165) is 11.6 Å². The number of nitrogens with one attached hydrogen (secondary N) is 2. The first-order valence-corrected chi connectivity index (χ1v) is 8.31. The maximum absolute atomic E-state index is 12.4. The van der Waals surface area contributed by atoms with Crippen LogP contribution in [-0.2, 0) is 16.0 Å². The molecule has 8 nitrogen and oxygen atoms in total. The summed E-state index contributed by atoms with van der Waals surface area (Å²) in [5.74, 6) is -0.810. The zero-order chi connectivity index (χ0) is 19.6. The number of rotatable bonds is 7. The van der Waals surface area contributed by atoms with Crippen LogP contribution in [0.15, 0.2) is 53.6 Å². The Kier molecular flexibility index (Phi) is 7.18. The third-order valence-electron chi connectivity index (χ3n) is 3.56. The first-order valence-electron chi connectivity index (χ1n) is 8.31. The number of ether oxygens (including phenoxy) is 1. The van der Waals surface area contributed by atoms with Crippen molar-refractivity contribution in [2.24, 2.45) is 5.10 Å². The van der Waals surface area contributed by atoms with Gasteiger partial charge in [0.25, 0.3) is 5.91 Å². The van der Waals surface area contributed by atoms with E-state index in [1.54, 1.807) is 6.92 Å². The van der Waals surface area contributed by atoms with Gasteiger partial charge in [0.2, 0.25) is 0 Å². The van der Waals surface area contributed by atoms with Gasteiger partial charge in [0, 0.05) is 18.1 Å². The Balaban J connectivity index is 2.05. The minimum atomic E-state index is -0.892. The smallest absolute Gasteiger partial charge is 0.407 e. The number of hydrazone groups is 1. The summed E-state index contributed by atoms with van der Waals surface area (Å²) >= 11 is 0. The Hall–Kier alpha value is -3.55. The Morgan fingerprint density at radius 3 is 2.59 bits per heavy atom. The van der Waals surface area contributed by atoms with Crippen LogP contribution in [-0.4, -0.2) is 41.1 Å². The second-order valence-corrected chi connectivity index (χ2v) is 5.58. The number of benzene rings is 2. The van der Waals surface area contributed by atoms with E-state index in [2.05, 4.69) is 15.8 Å². The molecular formula is C19H21N3O5. The standard InChI is InChI=1S/C19H21N3O5/c1-2-27-19(26)21-16(10-13-6-4-3-5-7-13)18(25)22-20-12-14-8-9-15(23)11-17(14)24/h3-9,11-12,16,23-24H,2,10H2,1H3,(H,21,26)(H,22,25)/b20-12-/t16-/m0/s1. The lowest BCUT2D eigenvalue weighted by Crippen LogP contribution is -2.47. The first-order chi connectivity index (χ1) is 13.0. The number of carbonyl (C=O) groups is 2. The summed E-state index contributed by atoms with van der Waals surface area (Å²) in [4.78, 5) is 24.1. The van der Waals surface area contributed by atoms with Gasteiger partial charge in [-0.25, -0.2) is 10.2 Å². The monoisotopic (exact) mass is 371 g/mol. The highest BCUT2D eigenvalue weighted by Gasteiger charge is 2.21. The number of carbonyl (C=O) groups excluding carboxylic acids is 2. The van der Waals surface area contributed by atoms with Gasteiger partial charge in [0.05, 0.1) is 12.8 Å². The first kappa shape index (κ1) is 19.8. The van der Waals surface area contributed by atoms with E-state index in [1.807, 2.05) is 30.3 Å². The fraction of sp³-hybridized carbons (Fsp3) is 0.211. The van der Waals surface area contributed by atoms with Crippen molar-refractivity contribution in [3.63, 3.8) is 0 Å². The fourth-order valence-electron chi connectivity index (χ4n) is 2.26. The minimum Gasteiger partial charge on any atom is -0.508 e. The number of hydrogen-bond acceptors (Lipinski definition) is 6. The van der Waals surface area contributed by atoms with E-state index in [0.29, 0.717) is 5.56 Å². The van der Waals surface area contributed by atoms with Crippen molar-refractivity contribution < 1.29 is 24.5 Å². The van der Waals surface area contributed by atoms with Crippen LogP contribution < -0.4 is 10.7 Å². The van der Waals surface area contributed by atoms with Gasteiger partial charge >= 0.3 is 6.09 Å². The summed E-state index contributed by atoms with van der Waals surface area (Å²) in [5.41, 5.74) is 3.49. The summed E-state index contributed by atoms with van der Waals surface area (Å²) < 4.78 is 4.84. The van der Waals surface area contributed by atoms with Crippen LogP contribution in [0.4, 0.5) is 4.79 Å². The molecule has 0 aliphatic heterocycles. The van der Waals surface area contributed by atoms with Crippen LogP contribution in [0.3, 0.4) is 0 Å². The summed E-state index contributed by atoms with van der Waals surface area (Å²) in [7, 11) is 0. The van der Waals surface area contributed by atoms with Gasteiger partial charge in [-0.3, -0.25) is 4.79 Å². The predicted octanol–water partition coefficient (Wildman–Crippen LogP) is 1.91. The van der Waals surface area contributed by atoms with Gasteiger partial charge < -0.3 is 20.3 Å². The van der Waals surface area contributed by atoms with Gasteiger partial charge in [0.1, 0.15) is 17.5 Å². The number of phenols is 2. The predicted molar refractivity (Wildman–Crippen MR) is 99.6 cm³/mol. The largest absolute Gasteiger partial charge is 0.508 e. The summed E-state index contributed by atoms with van der Waals surface area (Å²) in [6.07, 6.45) is 0.788. The number of aromatic hydroxyl groups is 2. The molecule has 0 saturated heterocycles. The van der Waals surface area contributed by atoms with Crippen LogP contribution in [0.5, 0.6) is 11.5 Å². The normalized spacial score (nSPS) is 11.7. The van der Waals surface area contributed by atoms with E-state index >= 15 is 0 Å². The van der Waals surface area contributed by atoms with Gasteiger partial charge in [-0.2, -0.15) is 5.10 Å². The Morgan fingerprint density at radius 1 is 1.19 bits per heavy atom. The molecule has 27 heavy (non-hydrogen) atoms. The van der Waals surface area contributed by atoms with Gasteiger partial charge in [-0.15, -0.1) is 0 Å². The topological polar surface area (TPSA) is 120 Å². The van der Waals surface area contributed by atoms with Crippen LogP contribution in [0.25, 0.3) is 0 Å². The summed E-state index contributed by atoms with van der Waals surface area (Å²) in [5, 5.41) is 25.3. The molecule has 0 fully saturated rings. The molecule has 0 radical (unpaired) electrons. The minimum absolute atomic E-state index is 0.0877. The van der Waals surface area contributed by atoms with E-state index < -0.39 is 18.0 Å². The lowest BCUT2D eigenvalue weighted by atomic mass is 10.1. The van der Waals surface area contributed by atoms with Crippen molar-refractivity contribution in [2.45, 2.75) is 19.4 Å². The van der Waals surface area contributed by atoms with E-state index in [9.17, 15) is 19.8 Å². The summed E-state index contributed by atoms with van der Waals surface area (Å²) in [6, 6.07) is 12.3. The van der Waals surface area contributed by atoms with Gasteiger partial charge in [-0.1, -0.05) is 30.3 Å². The highest BCUT2D eigenvalue weighted by atomic mass is 16.5. The molecule has 0 unspecified atom stereocenters. The second-order valence-electron chi connectivity index (χ2n) is 5.58. The molecule has 0 bridgehead atoms. The molecule has 0 aromatic heterocycles. The molecule has 2 aromatic rings. The van der Waals surface area contributed by atoms with Crippen LogP contribution in [0.2, 0.25) is 0 Å². The molecule has 2 rings (SSSR count).